The fraction of sp³-hybridized carbons (Fsp3) is 0.310. The van der Waals surface area contributed by atoms with E-state index in [2.05, 4.69) is 5.32 Å². The molecule has 14 heteroatoms. The van der Waals surface area contributed by atoms with Crippen LogP contribution in [0.25, 0.3) is 16.7 Å². The van der Waals surface area contributed by atoms with Crippen LogP contribution >= 0.6 is 0 Å². The summed E-state index contributed by atoms with van der Waals surface area (Å²) >= 11 is 0. The number of anilines is 1. The maximum atomic E-state index is 12.9. The second-order valence-electron chi connectivity index (χ2n) is 10.3. The summed E-state index contributed by atoms with van der Waals surface area (Å²) in [7, 11) is 1.37. The van der Waals surface area contributed by atoms with Crippen molar-refractivity contribution in [1.82, 2.24) is 0 Å². The van der Waals surface area contributed by atoms with E-state index in [0.717, 1.165) is 6.21 Å². The van der Waals surface area contributed by atoms with Crippen molar-refractivity contribution < 1.29 is 43.2 Å². The summed E-state index contributed by atoms with van der Waals surface area (Å²) in [4.78, 5) is 37.4. The van der Waals surface area contributed by atoms with Crippen molar-refractivity contribution in [3.05, 3.63) is 69.6 Å². The van der Waals surface area contributed by atoms with Gasteiger partial charge in [-0.15, -0.1) is 0 Å². The largest absolute Gasteiger partial charge is 0.505 e. The van der Waals surface area contributed by atoms with Gasteiger partial charge >= 0.3 is 11.7 Å². The summed E-state index contributed by atoms with van der Waals surface area (Å²) in [5.41, 5.74) is 9.57. The van der Waals surface area contributed by atoms with Gasteiger partial charge in [0.05, 0.1) is 11.0 Å². The van der Waals surface area contributed by atoms with Crippen LogP contribution in [0.15, 0.2) is 51.7 Å². The van der Waals surface area contributed by atoms with Gasteiger partial charge in [-0.05, 0) is 56.7 Å². The fourth-order valence-electron chi connectivity index (χ4n) is 4.88. The zero-order valence-corrected chi connectivity index (χ0v) is 23.7. The van der Waals surface area contributed by atoms with Crippen LogP contribution in [0.1, 0.15) is 35.3 Å². The predicted octanol–water partition coefficient (Wildman–Crippen LogP) is 2.36. The van der Waals surface area contributed by atoms with Crippen molar-refractivity contribution >= 4 is 40.6 Å². The van der Waals surface area contributed by atoms with E-state index in [0.29, 0.717) is 5.56 Å². The van der Waals surface area contributed by atoms with Gasteiger partial charge in [0.1, 0.15) is 17.4 Å². The standard InChI is InChI=1S/C29H32N4O10/c1-13-18(40-27-21(35)23(42-28(32)38)24(39-4)29(2,3)43-27)9-8-16-20(34)19(26(37)41-22(13)16)33-25(36)15-7-5-6-14(12-15)17(31)10-11-30/h5-12,21,23-24,27,30,34-35H,31H2,1-4H3,(H2,32,38)(H,33,36)/t21-,23+,24-,27-/m1/s1. The summed E-state index contributed by atoms with van der Waals surface area (Å²) in [6, 6.07) is 9.02. The maximum Gasteiger partial charge on any atom is 0.404 e. The number of benzene rings is 2. The Balaban J connectivity index is 1.64. The second kappa shape index (κ2) is 12.1. The van der Waals surface area contributed by atoms with Crippen molar-refractivity contribution in [2.45, 2.75) is 51.0 Å². The Morgan fingerprint density at radius 1 is 1.16 bits per heavy atom. The third kappa shape index (κ3) is 6.16. The van der Waals surface area contributed by atoms with Gasteiger partial charge in [-0.1, -0.05) is 12.1 Å². The Labute approximate surface area is 245 Å². The normalized spacial score (nSPS) is 21.7. The monoisotopic (exact) mass is 596 g/mol. The number of hydrogen-bond acceptors (Lipinski definition) is 12. The number of hydrogen-bond donors (Lipinski definition) is 6. The van der Waals surface area contributed by atoms with Crippen molar-refractivity contribution in [3.63, 3.8) is 0 Å². The van der Waals surface area contributed by atoms with E-state index in [-0.39, 0.29) is 33.5 Å². The van der Waals surface area contributed by atoms with Crippen LogP contribution in [0.2, 0.25) is 0 Å². The maximum absolute atomic E-state index is 12.9. The van der Waals surface area contributed by atoms with Crippen LogP contribution in [-0.4, -0.2) is 65.7 Å². The highest BCUT2D eigenvalue weighted by Gasteiger charge is 2.53. The lowest BCUT2D eigenvalue weighted by molar-refractivity contribution is -0.304. The Kier molecular flexibility index (Phi) is 8.75. The number of nitrogens with one attached hydrogen (secondary N) is 2. The molecule has 0 aliphatic carbocycles. The highest BCUT2D eigenvalue weighted by atomic mass is 16.7. The molecule has 1 saturated heterocycles. The van der Waals surface area contributed by atoms with Gasteiger partial charge in [0.15, 0.2) is 23.6 Å². The van der Waals surface area contributed by atoms with Crippen molar-refractivity contribution in [3.8, 4) is 11.5 Å². The molecule has 43 heavy (non-hydrogen) atoms. The summed E-state index contributed by atoms with van der Waals surface area (Å²) in [6.07, 6.45) is -3.75. The van der Waals surface area contributed by atoms with Crippen LogP contribution in [-0.2, 0) is 14.2 Å². The smallest absolute Gasteiger partial charge is 0.404 e. The van der Waals surface area contributed by atoms with Gasteiger partial charge in [0, 0.05) is 30.1 Å². The first-order valence-electron chi connectivity index (χ1n) is 13.0. The molecule has 2 amide bonds. The molecule has 14 nitrogen and oxygen atoms in total. The molecule has 1 aliphatic rings. The molecule has 2 aromatic carbocycles. The number of aliphatic hydroxyl groups excluding tert-OH is 1. The van der Waals surface area contributed by atoms with Crippen LogP contribution in [0.4, 0.5) is 10.5 Å². The van der Waals surface area contributed by atoms with E-state index in [9.17, 15) is 24.6 Å². The molecule has 4 rings (SSSR count). The number of ether oxygens (including phenoxy) is 4. The van der Waals surface area contributed by atoms with Crippen molar-refractivity contribution in [1.29, 1.82) is 5.41 Å². The van der Waals surface area contributed by atoms with Crippen molar-refractivity contribution in [2.75, 3.05) is 12.4 Å². The topological polar surface area (TPSA) is 230 Å². The quantitative estimate of drug-likeness (QED) is 0.163. The number of fused-ring (bicyclic) bond motifs is 1. The Morgan fingerprint density at radius 3 is 2.51 bits per heavy atom. The second-order valence-corrected chi connectivity index (χ2v) is 10.3. The van der Waals surface area contributed by atoms with E-state index in [1.165, 1.54) is 37.5 Å². The molecule has 0 saturated carbocycles. The van der Waals surface area contributed by atoms with E-state index in [1.54, 1.807) is 32.9 Å². The highest BCUT2D eigenvalue weighted by molar-refractivity contribution is 6.07. The average molecular weight is 597 g/mol. The molecule has 0 bridgehead atoms. The molecule has 0 unspecified atom stereocenters. The first-order chi connectivity index (χ1) is 20.3. The third-order valence-corrected chi connectivity index (χ3v) is 6.97. The molecule has 4 atom stereocenters. The number of carbonyl (C=O) groups is 2. The number of aromatic hydroxyl groups is 1. The molecule has 2 heterocycles. The average Bonchev–Trinajstić information content (AvgIpc) is 2.95. The van der Waals surface area contributed by atoms with Crippen LogP contribution in [0.3, 0.4) is 0 Å². The van der Waals surface area contributed by atoms with E-state index in [4.69, 9.17) is 40.2 Å². The molecule has 228 valence electrons. The van der Waals surface area contributed by atoms with E-state index in [1.807, 2.05) is 0 Å². The zero-order valence-electron chi connectivity index (χ0n) is 23.7. The van der Waals surface area contributed by atoms with Gasteiger partial charge < -0.3 is 55.8 Å². The molecule has 0 radical (unpaired) electrons. The van der Waals surface area contributed by atoms with Crippen LogP contribution in [0, 0.1) is 12.3 Å². The van der Waals surface area contributed by atoms with Crippen molar-refractivity contribution in [2.24, 2.45) is 11.5 Å². The lowest BCUT2D eigenvalue weighted by Crippen LogP contribution is -2.65. The summed E-state index contributed by atoms with van der Waals surface area (Å²) in [5, 5.41) is 31.5. The molecule has 1 aliphatic heterocycles. The number of allylic oxidation sites excluding steroid dienone is 1. The number of aryl methyl sites for hydroxylation is 1. The minimum Gasteiger partial charge on any atom is -0.505 e. The lowest BCUT2D eigenvalue weighted by atomic mass is 9.89. The Hall–Kier alpha value is -4.92. The zero-order chi connectivity index (χ0) is 31.6. The first kappa shape index (κ1) is 31.0. The number of carbonyl (C=O) groups excluding carboxylic acids is 2. The molecular formula is C29H32N4O10. The number of rotatable bonds is 8. The molecule has 8 N–H and O–H groups in total. The Morgan fingerprint density at radius 2 is 1.86 bits per heavy atom. The number of amides is 2. The van der Waals surface area contributed by atoms with E-state index < -0.39 is 59.3 Å². The predicted molar refractivity (Wildman–Crippen MR) is 155 cm³/mol. The SMILES string of the molecule is CO[C@@H]1[C@@H](OC(N)=O)[C@@H](O)[C@H](Oc2ccc3c(O)c(NC(=O)c4cccc(C(N)=CC=N)c4)c(=O)oc3c2C)OC1(C)C. The summed E-state index contributed by atoms with van der Waals surface area (Å²) in [6.45, 7) is 4.85. The first-order valence-corrected chi connectivity index (χ1v) is 13.0. The minimum absolute atomic E-state index is 0.0474. The highest BCUT2D eigenvalue weighted by Crippen LogP contribution is 2.38. The third-order valence-electron chi connectivity index (χ3n) is 6.97. The summed E-state index contributed by atoms with van der Waals surface area (Å²) in [5.74, 6) is -1.13. The minimum atomic E-state index is -1.52. The number of methoxy groups -OCH3 is 1. The summed E-state index contributed by atoms with van der Waals surface area (Å²) < 4.78 is 27.8. The van der Waals surface area contributed by atoms with Gasteiger partial charge in [-0.2, -0.15) is 0 Å². The Bertz CT molecular complexity index is 1660. The number of nitrogens with two attached hydrogens (primary N) is 2. The fourth-order valence-corrected chi connectivity index (χ4v) is 4.88. The van der Waals surface area contributed by atoms with E-state index >= 15 is 0 Å². The van der Waals surface area contributed by atoms with Crippen LogP contribution in [0.5, 0.6) is 11.5 Å². The van der Waals surface area contributed by atoms with Gasteiger partial charge in [-0.3, -0.25) is 4.79 Å². The molecule has 1 aromatic heterocycles. The molecule has 0 spiro atoms. The molecule has 1 fully saturated rings. The number of primary amides is 1. The lowest BCUT2D eigenvalue weighted by Gasteiger charge is -2.47. The van der Waals surface area contributed by atoms with Gasteiger partial charge in [0.25, 0.3) is 5.91 Å². The molecular weight excluding hydrogens is 564 g/mol. The number of aliphatic hydroxyl groups is 1. The van der Waals surface area contributed by atoms with Gasteiger partial charge in [-0.25, -0.2) is 9.59 Å². The van der Waals surface area contributed by atoms with Gasteiger partial charge in [0.2, 0.25) is 6.29 Å². The van der Waals surface area contributed by atoms with Crippen LogP contribution < -0.4 is 27.1 Å². The molecule has 3 aromatic rings.